The van der Waals surface area contributed by atoms with E-state index in [-0.39, 0.29) is 0 Å². The van der Waals surface area contributed by atoms with Crippen molar-refractivity contribution in [2.24, 2.45) is 4.99 Å². The Labute approximate surface area is 74.9 Å². The fourth-order valence-electron chi connectivity index (χ4n) is 1.43. The highest BCUT2D eigenvalue weighted by Gasteiger charge is 2.03. The first-order valence-electron chi connectivity index (χ1n) is 4.69. The Balaban J connectivity index is 2.58. The molecular formula is C11H17N. The van der Waals surface area contributed by atoms with Crippen LogP contribution < -0.4 is 0 Å². The van der Waals surface area contributed by atoms with E-state index in [9.17, 15) is 0 Å². The lowest BCUT2D eigenvalue weighted by Gasteiger charge is -2.09. The summed E-state index contributed by atoms with van der Waals surface area (Å²) in [4.78, 5) is 4.50. The molecule has 0 aromatic heterocycles. The molecule has 0 aromatic carbocycles. The van der Waals surface area contributed by atoms with Crippen molar-refractivity contribution < 1.29 is 0 Å². The Morgan fingerprint density at radius 1 is 1.25 bits per heavy atom. The van der Waals surface area contributed by atoms with Crippen molar-refractivity contribution in [3.05, 3.63) is 24.8 Å². The minimum Gasteiger partial charge on any atom is -0.289 e. The van der Waals surface area contributed by atoms with E-state index in [1.807, 2.05) is 0 Å². The Morgan fingerprint density at radius 2 is 2.00 bits per heavy atom. The first-order chi connectivity index (χ1) is 5.84. The number of nitrogens with zero attached hydrogens (tertiary/aromatic N) is 1. The summed E-state index contributed by atoms with van der Waals surface area (Å²) in [6.45, 7) is 8.60. The topological polar surface area (TPSA) is 12.4 Å². The van der Waals surface area contributed by atoms with E-state index in [0.717, 1.165) is 18.5 Å². The third-order valence-corrected chi connectivity index (χ3v) is 2.24. The lowest BCUT2D eigenvalue weighted by atomic mass is 10.0. The molecule has 0 bridgehead atoms. The van der Waals surface area contributed by atoms with Gasteiger partial charge in [-0.15, -0.1) is 0 Å². The van der Waals surface area contributed by atoms with Crippen molar-refractivity contribution in [1.82, 2.24) is 0 Å². The molecule has 1 heterocycles. The standard InChI is InChI=1S/C11H17N/c1-3-10(2)11-8-6-4-5-7-9-12-11/h3H,1-2,4-9H2. The number of aliphatic imine (C=N–C) groups is 1. The average Bonchev–Trinajstić information content (AvgIpc) is 2.02. The van der Waals surface area contributed by atoms with Crippen molar-refractivity contribution in [2.45, 2.75) is 32.1 Å². The molecule has 1 aliphatic rings. The van der Waals surface area contributed by atoms with Gasteiger partial charge in [-0.25, -0.2) is 0 Å². The molecule has 1 heteroatoms. The smallest absolute Gasteiger partial charge is 0.0414 e. The summed E-state index contributed by atoms with van der Waals surface area (Å²) in [6, 6.07) is 0. The van der Waals surface area contributed by atoms with Crippen molar-refractivity contribution in [2.75, 3.05) is 6.54 Å². The molecule has 0 atom stereocenters. The van der Waals surface area contributed by atoms with Crippen LogP contribution in [0.4, 0.5) is 0 Å². The average molecular weight is 163 g/mol. The molecule has 1 aliphatic heterocycles. The zero-order chi connectivity index (χ0) is 8.81. The van der Waals surface area contributed by atoms with Gasteiger partial charge in [-0.05, 0) is 24.8 Å². The monoisotopic (exact) mass is 163 g/mol. The Morgan fingerprint density at radius 3 is 2.75 bits per heavy atom. The lowest BCUT2D eigenvalue weighted by molar-refractivity contribution is 0.644. The Bertz CT molecular complexity index is 201. The van der Waals surface area contributed by atoms with E-state index in [4.69, 9.17) is 0 Å². The molecule has 0 unspecified atom stereocenters. The quantitative estimate of drug-likeness (QED) is 0.554. The third-order valence-electron chi connectivity index (χ3n) is 2.24. The first kappa shape index (κ1) is 9.24. The van der Waals surface area contributed by atoms with Crippen LogP contribution in [0.5, 0.6) is 0 Å². The van der Waals surface area contributed by atoms with Crippen molar-refractivity contribution in [1.29, 1.82) is 0 Å². The van der Waals surface area contributed by atoms with Gasteiger partial charge in [-0.2, -0.15) is 0 Å². The maximum absolute atomic E-state index is 4.50. The second-order valence-corrected chi connectivity index (χ2v) is 3.22. The second kappa shape index (κ2) is 4.91. The van der Waals surface area contributed by atoms with Gasteiger partial charge in [0.1, 0.15) is 0 Å². The minimum absolute atomic E-state index is 0.974. The molecule has 0 saturated carbocycles. The molecule has 12 heavy (non-hydrogen) atoms. The van der Waals surface area contributed by atoms with Gasteiger partial charge in [-0.1, -0.05) is 32.1 Å². The van der Waals surface area contributed by atoms with Gasteiger partial charge in [0.25, 0.3) is 0 Å². The molecule has 0 aliphatic carbocycles. The molecule has 0 amide bonds. The van der Waals surface area contributed by atoms with E-state index in [2.05, 4.69) is 18.2 Å². The highest BCUT2D eigenvalue weighted by atomic mass is 14.7. The number of allylic oxidation sites excluding steroid dienone is 2. The van der Waals surface area contributed by atoms with Crippen LogP contribution in [0.2, 0.25) is 0 Å². The molecule has 0 fully saturated rings. The largest absolute Gasteiger partial charge is 0.289 e. The van der Waals surface area contributed by atoms with Gasteiger partial charge >= 0.3 is 0 Å². The van der Waals surface area contributed by atoms with E-state index in [1.54, 1.807) is 6.08 Å². The number of hydrogen-bond donors (Lipinski definition) is 0. The maximum atomic E-state index is 4.50. The first-order valence-corrected chi connectivity index (χ1v) is 4.69. The van der Waals surface area contributed by atoms with Crippen molar-refractivity contribution in [3.8, 4) is 0 Å². The molecule has 0 spiro atoms. The molecule has 1 rings (SSSR count). The van der Waals surface area contributed by atoms with Crippen molar-refractivity contribution >= 4 is 5.71 Å². The van der Waals surface area contributed by atoms with E-state index < -0.39 is 0 Å². The van der Waals surface area contributed by atoms with Crippen LogP contribution in [-0.2, 0) is 0 Å². The molecule has 1 nitrogen and oxygen atoms in total. The van der Waals surface area contributed by atoms with Crippen LogP contribution in [-0.4, -0.2) is 12.3 Å². The van der Waals surface area contributed by atoms with E-state index in [0.29, 0.717) is 0 Å². The predicted octanol–water partition coefficient (Wildman–Crippen LogP) is 3.13. The number of rotatable bonds is 2. The van der Waals surface area contributed by atoms with Crippen molar-refractivity contribution in [3.63, 3.8) is 0 Å². The van der Waals surface area contributed by atoms with Gasteiger partial charge in [-0.3, -0.25) is 4.99 Å². The van der Waals surface area contributed by atoms with Crippen LogP contribution in [0, 0.1) is 0 Å². The molecule has 0 radical (unpaired) electrons. The minimum atomic E-state index is 0.974. The van der Waals surface area contributed by atoms with Gasteiger partial charge < -0.3 is 0 Å². The molecule has 66 valence electrons. The van der Waals surface area contributed by atoms with Crippen LogP contribution >= 0.6 is 0 Å². The second-order valence-electron chi connectivity index (χ2n) is 3.22. The summed E-state index contributed by atoms with van der Waals surface area (Å²) in [5, 5.41) is 0. The highest BCUT2D eigenvalue weighted by molar-refractivity contribution is 6.01. The van der Waals surface area contributed by atoms with Gasteiger partial charge in [0.05, 0.1) is 0 Å². The summed E-state index contributed by atoms with van der Waals surface area (Å²) in [7, 11) is 0. The molecule has 0 saturated heterocycles. The molecular weight excluding hydrogens is 146 g/mol. The summed E-state index contributed by atoms with van der Waals surface area (Å²) in [5.74, 6) is 0. The van der Waals surface area contributed by atoms with Gasteiger partial charge in [0.2, 0.25) is 0 Å². The summed E-state index contributed by atoms with van der Waals surface area (Å²) < 4.78 is 0. The SMILES string of the molecule is C=CC(=C)C1=NCCCCCC1. The van der Waals surface area contributed by atoms with Crippen LogP contribution in [0.3, 0.4) is 0 Å². The fraction of sp³-hybridized carbons (Fsp3) is 0.545. The van der Waals surface area contributed by atoms with Crippen LogP contribution in [0.1, 0.15) is 32.1 Å². The van der Waals surface area contributed by atoms with E-state index >= 15 is 0 Å². The Kier molecular flexibility index (Phi) is 3.78. The highest BCUT2D eigenvalue weighted by Crippen LogP contribution is 2.12. The predicted molar refractivity (Wildman–Crippen MR) is 54.7 cm³/mol. The zero-order valence-electron chi connectivity index (χ0n) is 7.68. The lowest BCUT2D eigenvalue weighted by Crippen LogP contribution is -2.04. The normalized spacial score (nSPS) is 18.8. The third kappa shape index (κ3) is 2.65. The fourth-order valence-corrected chi connectivity index (χ4v) is 1.43. The summed E-state index contributed by atoms with van der Waals surface area (Å²) >= 11 is 0. The van der Waals surface area contributed by atoms with Crippen LogP contribution in [0.15, 0.2) is 29.8 Å². The zero-order valence-corrected chi connectivity index (χ0v) is 7.68. The van der Waals surface area contributed by atoms with Crippen LogP contribution in [0.25, 0.3) is 0 Å². The van der Waals surface area contributed by atoms with E-state index in [1.165, 1.54) is 31.4 Å². The molecule has 0 aromatic rings. The summed E-state index contributed by atoms with van der Waals surface area (Å²) in [6.07, 6.45) is 8.05. The summed E-state index contributed by atoms with van der Waals surface area (Å²) in [5.41, 5.74) is 2.18. The van der Waals surface area contributed by atoms with Gasteiger partial charge in [0.15, 0.2) is 0 Å². The Hall–Kier alpha value is -0.850. The number of hydrogen-bond acceptors (Lipinski definition) is 1. The molecule has 0 N–H and O–H groups in total. The van der Waals surface area contributed by atoms with Gasteiger partial charge in [0, 0.05) is 12.3 Å². The maximum Gasteiger partial charge on any atom is 0.0414 e.